The summed E-state index contributed by atoms with van der Waals surface area (Å²) in [5, 5.41) is 10.8. The lowest BCUT2D eigenvalue weighted by atomic mass is 9.92. The highest BCUT2D eigenvalue weighted by atomic mass is 32.2. The number of likely N-dealkylation sites (tertiary alicyclic amines) is 1. The van der Waals surface area contributed by atoms with Crippen LogP contribution in [0, 0.1) is 5.82 Å². The minimum absolute atomic E-state index is 0.00484. The van der Waals surface area contributed by atoms with Gasteiger partial charge in [0.05, 0.1) is 10.9 Å². The molecule has 2 aliphatic rings. The van der Waals surface area contributed by atoms with Crippen molar-refractivity contribution in [3.8, 4) is 5.88 Å². The van der Waals surface area contributed by atoms with Crippen LogP contribution in [0.2, 0.25) is 0 Å². The zero-order valence-corrected chi connectivity index (χ0v) is 17.6. The van der Waals surface area contributed by atoms with Crippen molar-refractivity contribution in [1.29, 1.82) is 0 Å². The first-order valence-corrected chi connectivity index (χ1v) is 10.5. The number of carboxylic acids is 1. The van der Waals surface area contributed by atoms with Crippen LogP contribution in [0.25, 0.3) is 0 Å². The van der Waals surface area contributed by atoms with Crippen LogP contribution in [0.1, 0.15) is 29.5 Å². The topological polar surface area (TPSA) is 106 Å². The van der Waals surface area contributed by atoms with Crippen LogP contribution in [0.3, 0.4) is 0 Å². The van der Waals surface area contributed by atoms with E-state index in [1.54, 1.807) is 11.8 Å². The average Bonchev–Trinajstić information content (AvgIpc) is 3.35. The Bertz CT molecular complexity index is 978. The van der Waals surface area contributed by atoms with E-state index in [4.69, 9.17) is 19.2 Å². The number of pyridine rings is 1. The fourth-order valence-corrected chi connectivity index (χ4v) is 4.89. The van der Waals surface area contributed by atoms with Gasteiger partial charge < -0.3 is 19.3 Å². The van der Waals surface area contributed by atoms with Gasteiger partial charge in [-0.15, -0.1) is 11.8 Å². The molecule has 0 bridgehead atoms. The molecule has 0 aromatic carbocycles. The highest BCUT2D eigenvalue weighted by molar-refractivity contribution is 8.01. The lowest BCUT2D eigenvalue weighted by Crippen LogP contribution is -2.60. The van der Waals surface area contributed by atoms with Gasteiger partial charge in [-0.25, -0.2) is 14.2 Å². The van der Waals surface area contributed by atoms with E-state index < -0.39 is 18.0 Å². The van der Waals surface area contributed by atoms with Crippen LogP contribution < -0.4 is 4.74 Å². The van der Waals surface area contributed by atoms with Gasteiger partial charge in [0.1, 0.15) is 17.4 Å². The zero-order chi connectivity index (χ0) is 23.5. The second-order valence-electron chi connectivity index (χ2n) is 7.21. The number of aliphatic carboxylic acids is 1. The molecular formula is C19H19F4N3O5S. The number of alkyl halides is 3. The van der Waals surface area contributed by atoms with Gasteiger partial charge >= 0.3 is 12.1 Å². The van der Waals surface area contributed by atoms with Gasteiger partial charge in [0, 0.05) is 37.9 Å². The number of hydrogen-bond donors (Lipinski definition) is 1. The minimum atomic E-state index is -5.08. The summed E-state index contributed by atoms with van der Waals surface area (Å²) < 4.78 is 56.2. The minimum Gasteiger partial charge on any atom is -0.475 e. The fourth-order valence-electron chi connectivity index (χ4n) is 3.37. The lowest BCUT2D eigenvalue weighted by molar-refractivity contribution is -0.192. The standard InChI is InChI=1S/C17H18FN3O3S.C2HF3O2/c1-2-14-12(7-20-24-14)16(22)21-9-17(10-21)6-11(8-25-17)23-15-13(18)4-3-5-19-15;3-2(4,5)1(6)7/h3-5,7,11H,2,6,8-10H2,1H3;(H,6,7). The molecule has 0 aliphatic carbocycles. The van der Waals surface area contributed by atoms with Crippen molar-refractivity contribution < 1.29 is 41.5 Å². The molecule has 0 radical (unpaired) electrons. The monoisotopic (exact) mass is 477 g/mol. The summed E-state index contributed by atoms with van der Waals surface area (Å²) in [7, 11) is 0. The summed E-state index contributed by atoms with van der Waals surface area (Å²) in [4.78, 5) is 27.2. The van der Waals surface area contributed by atoms with Crippen molar-refractivity contribution in [2.75, 3.05) is 18.8 Å². The molecule has 1 atom stereocenters. The SMILES string of the molecule is CCc1oncc1C(=O)N1CC2(CC(Oc3ncccc3F)CS2)C1.O=C(O)C(F)(F)F. The highest BCUT2D eigenvalue weighted by Crippen LogP contribution is 2.46. The molecule has 2 aliphatic heterocycles. The van der Waals surface area contributed by atoms with Crippen LogP contribution >= 0.6 is 11.8 Å². The lowest BCUT2D eigenvalue weighted by Gasteiger charge is -2.47. The van der Waals surface area contributed by atoms with Gasteiger partial charge in [-0.05, 0) is 12.1 Å². The number of hydrogen-bond acceptors (Lipinski definition) is 7. The van der Waals surface area contributed by atoms with Crippen molar-refractivity contribution in [3.05, 3.63) is 41.7 Å². The van der Waals surface area contributed by atoms with Crippen LogP contribution in [-0.4, -0.2) is 67.9 Å². The Morgan fingerprint density at radius 3 is 2.69 bits per heavy atom. The Morgan fingerprint density at radius 2 is 2.09 bits per heavy atom. The molecule has 2 saturated heterocycles. The average molecular weight is 477 g/mol. The third kappa shape index (κ3) is 5.31. The number of aryl methyl sites for hydroxylation is 1. The molecule has 2 aromatic rings. The van der Waals surface area contributed by atoms with E-state index in [0.717, 1.165) is 12.2 Å². The quantitative estimate of drug-likeness (QED) is 0.670. The first kappa shape index (κ1) is 23.8. The van der Waals surface area contributed by atoms with Crippen molar-refractivity contribution in [3.63, 3.8) is 0 Å². The molecule has 4 rings (SSSR count). The second kappa shape index (κ2) is 9.35. The normalized spacial score (nSPS) is 19.2. The summed E-state index contributed by atoms with van der Waals surface area (Å²) in [6, 6.07) is 2.88. The number of rotatable bonds is 4. The van der Waals surface area contributed by atoms with Crippen molar-refractivity contribution >= 4 is 23.6 Å². The maximum Gasteiger partial charge on any atom is 0.490 e. The van der Waals surface area contributed by atoms with E-state index in [1.807, 2.05) is 11.8 Å². The molecule has 32 heavy (non-hydrogen) atoms. The molecule has 1 N–H and O–H groups in total. The number of carboxylic acid groups (broad SMARTS) is 1. The molecule has 2 fully saturated rings. The van der Waals surface area contributed by atoms with Gasteiger partial charge in [-0.3, -0.25) is 4.79 Å². The number of carbonyl (C=O) groups is 2. The second-order valence-corrected chi connectivity index (χ2v) is 8.70. The Morgan fingerprint density at radius 1 is 1.41 bits per heavy atom. The van der Waals surface area contributed by atoms with E-state index in [2.05, 4.69) is 10.1 Å². The summed E-state index contributed by atoms with van der Waals surface area (Å²) >= 11 is 1.78. The summed E-state index contributed by atoms with van der Waals surface area (Å²) in [6.07, 6.45) is -0.746. The number of amides is 1. The van der Waals surface area contributed by atoms with Crippen molar-refractivity contribution in [2.45, 2.75) is 36.8 Å². The third-order valence-electron chi connectivity index (χ3n) is 4.86. The Balaban J connectivity index is 0.000000360. The van der Waals surface area contributed by atoms with Crippen LogP contribution in [-0.2, 0) is 11.2 Å². The molecule has 174 valence electrons. The van der Waals surface area contributed by atoms with Gasteiger partial charge in [0.15, 0.2) is 5.82 Å². The molecule has 1 unspecified atom stereocenters. The maximum absolute atomic E-state index is 13.7. The van der Waals surface area contributed by atoms with Crippen LogP contribution in [0.5, 0.6) is 5.88 Å². The van der Waals surface area contributed by atoms with E-state index >= 15 is 0 Å². The van der Waals surface area contributed by atoms with Crippen molar-refractivity contribution in [1.82, 2.24) is 15.0 Å². The van der Waals surface area contributed by atoms with Gasteiger partial charge in [0.2, 0.25) is 0 Å². The van der Waals surface area contributed by atoms with Gasteiger partial charge in [0.25, 0.3) is 11.8 Å². The molecule has 1 amide bonds. The van der Waals surface area contributed by atoms with E-state index in [-0.39, 0.29) is 22.6 Å². The number of thioether (sulfide) groups is 1. The Labute approximate surface area is 183 Å². The first-order chi connectivity index (χ1) is 15.0. The number of halogens is 4. The number of nitrogens with zero attached hydrogens (tertiary/aromatic N) is 3. The predicted octanol–water partition coefficient (Wildman–Crippen LogP) is 3.18. The highest BCUT2D eigenvalue weighted by Gasteiger charge is 2.52. The first-order valence-electron chi connectivity index (χ1n) is 9.49. The predicted molar refractivity (Wildman–Crippen MR) is 104 cm³/mol. The zero-order valence-electron chi connectivity index (χ0n) is 16.8. The summed E-state index contributed by atoms with van der Waals surface area (Å²) in [6.45, 7) is 3.26. The summed E-state index contributed by atoms with van der Waals surface area (Å²) in [5.41, 5.74) is 0.545. The number of ether oxygens (including phenoxy) is 1. The van der Waals surface area contributed by atoms with Crippen LogP contribution in [0.15, 0.2) is 29.0 Å². The van der Waals surface area contributed by atoms with E-state index in [9.17, 15) is 22.4 Å². The molecule has 4 heterocycles. The third-order valence-corrected chi connectivity index (χ3v) is 6.44. The Hall–Kier alpha value is -2.83. The molecule has 1 spiro atoms. The molecule has 2 aromatic heterocycles. The molecule has 13 heteroatoms. The smallest absolute Gasteiger partial charge is 0.475 e. The number of carbonyl (C=O) groups excluding carboxylic acids is 1. The van der Waals surface area contributed by atoms with Gasteiger partial charge in [-0.1, -0.05) is 12.1 Å². The maximum atomic E-state index is 13.7. The molecule has 0 saturated carbocycles. The van der Waals surface area contributed by atoms with Crippen LogP contribution in [0.4, 0.5) is 17.6 Å². The van der Waals surface area contributed by atoms with Crippen molar-refractivity contribution in [2.24, 2.45) is 0 Å². The largest absolute Gasteiger partial charge is 0.490 e. The summed E-state index contributed by atoms with van der Waals surface area (Å²) in [5.74, 6) is -1.80. The number of aromatic nitrogens is 2. The van der Waals surface area contributed by atoms with E-state index in [1.165, 1.54) is 24.5 Å². The van der Waals surface area contributed by atoms with Gasteiger partial charge in [-0.2, -0.15) is 13.2 Å². The Kier molecular flexibility index (Phi) is 6.96. The van der Waals surface area contributed by atoms with E-state index in [0.29, 0.717) is 30.8 Å². The fraction of sp³-hybridized carbons (Fsp3) is 0.474. The molecular weight excluding hydrogens is 458 g/mol. The molecule has 8 nitrogen and oxygen atoms in total.